The van der Waals surface area contributed by atoms with Crippen molar-refractivity contribution in [2.24, 2.45) is 5.92 Å². The Labute approximate surface area is 180 Å². The van der Waals surface area contributed by atoms with E-state index in [4.69, 9.17) is 0 Å². The van der Waals surface area contributed by atoms with Crippen LogP contribution in [0.5, 0.6) is 0 Å². The summed E-state index contributed by atoms with van der Waals surface area (Å²) in [6.45, 7) is 2.10. The van der Waals surface area contributed by atoms with Gasteiger partial charge in [0.2, 0.25) is 0 Å². The Hall–Kier alpha value is -3.67. The van der Waals surface area contributed by atoms with E-state index in [9.17, 15) is 4.79 Å². The number of aromatic nitrogens is 4. The first kappa shape index (κ1) is 19.3. The summed E-state index contributed by atoms with van der Waals surface area (Å²) in [6.07, 6.45) is 7.67. The van der Waals surface area contributed by atoms with Gasteiger partial charge in [-0.25, -0.2) is 15.0 Å². The topological polar surface area (TPSA) is 80.7 Å². The number of hydrogen-bond acceptors (Lipinski definition) is 6. The van der Waals surface area contributed by atoms with Gasteiger partial charge in [-0.1, -0.05) is 36.4 Å². The van der Waals surface area contributed by atoms with E-state index >= 15 is 0 Å². The Morgan fingerprint density at radius 2 is 1.94 bits per heavy atom. The van der Waals surface area contributed by atoms with Gasteiger partial charge in [0.15, 0.2) is 5.78 Å². The van der Waals surface area contributed by atoms with Gasteiger partial charge in [0.05, 0.1) is 23.6 Å². The first-order chi connectivity index (χ1) is 15.2. The number of nitrogens with one attached hydrogen (secondary N) is 1. The third kappa shape index (κ3) is 4.28. The maximum Gasteiger partial charge on any atom is 0.183 e. The normalized spacial score (nSPS) is 14.4. The second-order valence-corrected chi connectivity index (χ2v) is 8.09. The van der Waals surface area contributed by atoms with Crippen LogP contribution in [-0.2, 0) is 0 Å². The number of fused-ring (bicyclic) bond motifs is 1. The molecule has 2 aromatic heterocycles. The molecule has 0 bridgehead atoms. The highest BCUT2D eigenvalue weighted by Gasteiger charge is 2.25. The maximum atomic E-state index is 12.5. The van der Waals surface area contributed by atoms with Crippen LogP contribution < -0.4 is 5.32 Å². The van der Waals surface area contributed by atoms with Crippen molar-refractivity contribution in [1.82, 2.24) is 19.9 Å². The Kier molecular flexibility index (Phi) is 5.12. The van der Waals surface area contributed by atoms with Crippen LogP contribution in [0.4, 0.5) is 5.82 Å². The molecule has 2 aromatic carbocycles. The summed E-state index contributed by atoms with van der Waals surface area (Å²) in [5.41, 5.74) is 4.01. The van der Waals surface area contributed by atoms with Crippen LogP contribution in [0.3, 0.4) is 0 Å². The fourth-order valence-electron chi connectivity index (χ4n) is 3.69. The van der Waals surface area contributed by atoms with Crippen LogP contribution in [0.2, 0.25) is 0 Å². The first-order valence-electron chi connectivity index (χ1n) is 10.6. The summed E-state index contributed by atoms with van der Waals surface area (Å²) >= 11 is 0. The number of hydrogen-bond donors (Lipinski definition) is 1. The fourth-order valence-corrected chi connectivity index (χ4v) is 3.69. The lowest BCUT2D eigenvalue weighted by molar-refractivity contribution is 0.0971. The highest BCUT2D eigenvalue weighted by Crippen LogP contribution is 2.33. The van der Waals surface area contributed by atoms with E-state index in [2.05, 4.69) is 44.3 Å². The molecule has 0 spiro atoms. The average Bonchev–Trinajstić information content (AvgIpc) is 3.63. The maximum absolute atomic E-state index is 12.5. The molecule has 1 aliphatic carbocycles. The van der Waals surface area contributed by atoms with Crippen molar-refractivity contribution >= 4 is 22.5 Å². The van der Waals surface area contributed by atoms with Gasteiger partial charge in [-0.3, -0.25) is 9.78 Å². The number of rotatable bonds is 7. The Bertz CT molecular complexity index is 1240. The molecule has 1 N–H and O–H groups in total. The molecule has 1 saturated carbocycles. The van der Waals surface area contributed by atoms with Crippen molar-refractivity contribution in [2.75, 3.05) is 5.32 Å². The van der Waals surface area contributed by atoms with Crippen molar-refractivity contribution in [3.8, 4) is 11.3 Å². The summed E-state index contributed by atoms with van der Waals surface area (Å²) in [5.74, 6) is 1.35. The minimum absolute atomic E-state index is 0.0695. The van der Waals surface area contributed by atoms with Gasteiger partial charge >= 0.3 is 0 Å². The number of benzene rings is 2. The van der Waals surface area contributed by atoms with Crippen molar-refractivity contribution in [3.63, 3.8) is 0 Å². The Morgan fingerprint density at radius 1 is 1.10 bits per heavy atom. The number of nitrogens with zero attached hydrogens (tertiary/aromatic N) is 4. The molecule has 0 radical (unpaired) electrons. The van der Waals surface area contributed by atoms with Crippen molar-refractivity contribution in [1.29, 1.82) is 0 Å². The molecule has 1 atom stereocenters. The lowest BCUT2D eigenvalue weighted by Gasteiger charge is -2.16. The molecule has 2 heterocycles. The summed E-state index contributed by atoms with van der Waals surface area (Å²) < 4.78 is 0. The molecule has 6 nitrogen and oxygen atoms in total. The molecule has 154 valence electrons. The minimum Gasteiger partial charge on any atom is -0.363 e. The molecule has 0 aliphatic heterocycles. The zero-order valence-corrected chi connectivity index (χ0v) is 17.3. The molecule has 0 saturated heterocycles. The summed E-state index contributed by atoms with van der Waals surface area (Å²) in [5, 5.41) is 4.40. The summed E-state index contributed by atoms with van der Waals surface area (Å²) in [7, 11) is 0. The van der Waals surface area contributed by atoms with Gasteiger partial charge in [-0.2, -0.15) is 0 Å². The molecule has 0 unspecified atom stereocenters. The molecule has 4 aromatic rings. The van der Waals surface area contributed by atoms with Crippen LogP contribution >= 0.6 is 0 Å². The molecular weight excluding hydrogens is 386 g/mol. The Balaban J connectivity index is 1.47. The van der Waals surface area contributed by atoms with E-state index in [1.165, 1.54) is 5.56 Å². The zero-order chi connectivity index (χ0) is 21.2. The lowest BCUT2D eigenvalue weighted by Crippen LogP contribution is -2.08. The molecular formula is C25H23N5O. The second-order valence-electron chi connectivity index (χ2n) is 8.09. The Morgan fingerprint density at radius 3 is 2.74 bits per heavy atom. The second kappa shape index (κ2) is 8.22. The van der Waals surface area contributed by atoms with Crippen LogP contribution in [0, 0.1) is 5.92 Å². The SMILES string of the molecule is C[C@@H](Nc1ncnc2ccc(-c3cncc(C(=O)CC4CC4)n3)cc12)c1ccccc1. The minimum atomic E-state index is 0.0695. The molecule has 0 amide bonds. The number of carbonyl (C=O) groups is 1. The predicted octanol–water partition coefficient (Wildman–Crippen LogP) is 5.24. The number of Topliss-reactive ketones (excluding diaryl/α,β-unsaturated/α-hetero) is 1. The van der Waals surface area contributed by atoms with E-state index in [1.807, 2.05) is 36.4 Å². The van der Waals surface area contributed by atoms with Crippen LogP contribution in [0.25, 0.3) is 22.2 Å². The highest BCUT2D eigenvalue weighted by molar-refractivity contribution is 5.95. The van der Waals surface area contributed by atoms with Crippen molar-refractivity contribution < 1.29 is 4.79 Å². The van der Waals surface area contributed by atoms with E-state index in [-0.39, 0.29) is 11.8 Å². The quantitative estimate of drug-likeness (QED) is 0.420. The smallest absolute Gasteiger partial charge is 0.183 e. The summed E-state index contributed by atoms with van der Waals surface area (Å²) in [6, 6.07) is 16.2. The highest BCUT2D eigenvalue weighted by atomic mass is 16.1. The van der Waals surface area contributed by atoms with E-state index in [0.29, 0.717) is 23.7 Å². The molecule has 1 fully saturated rings. The van der Waals surface area contributed by atoms with Gasteiger partial charge in [0.25, 0.3) is 0 Å². The third-order valence-electron chi connectivity index (χ3n) is 5.68. The zero-order valence-electron chi connectivity index (χ0n) is 17.3. The number of anilines is 1. The number of carbonyl (C=O) groups excluding carboxylic acids is 1. The van der Waals surface area contributed by atoms with E-state index in [0.717, 1.165) is 35.1 Å². The standard InChI is InChI=1S/C25H23N5O/c1-16(18-5-3-2-4-6-18)29-25-20-12-19(9-10-21(20)27-15-28-25)22-13-26-14-23(30-22)24(31)11-17-7-8-17/h2-6,9-10,12-17H,7-8,11H2,1H3,(H,27,28,29)/t16-/m1/s1. The molecule has 5 rings (SSSR count). The van der Waals surface area contributed by atoms with E-state index < -0.39 is 0 Å². The largest absolute Gasteiger partial charge is 0.363 e. The molecule has 31 heavy (non-hydrogen) atoms. The van der Waals surface area contributed by atoms with Crippen molar-refractivity contribution in [3.05, 3.63) is 78.5 Å². The molecule has 1 aliphatic rings. The van der Waals surface area contributed by atoms with Gasteiger partial charge < -0.3 is 5.32 Å². The van der Waals surface area contributed by atoms with Crippen LogP contribution in [0.15, 0.2) is 67.3 Å². The first-order valence-corrected chi connectivity index (χ1v) is 10.6. The van der Waals surface area contributed by atoms with E-state index in [1.54, 1.807) is 18.7 Å². The average molecular weight is 409 g/mol. The van der Waals surface area contributed by atoms with Gasteiger partial charge in [0.1, 0.15) is 17.8 Å². The monoisotopic (exact) mass is 409 g/mol. The van der Waals surface area contributed by atoms with Gasteiger partial charge in [-0.15, -0.1) is 0 Å². The van der Waals surface area contributed by atoms with Crippen LogP contribution in [-0.4, -0.2) is 25.7 Å². The number of ketones is 1. The summed E-state index contributed by atoms with van der Waals surface area (Å²) in [4.78, 5) is 30.2. The van der Waals surface area contributed by atoms with Gasteiger partial charge in [-0.05, 0) is 43.4 Å². The van der Waals surface area contributed by atoms with Gasteiger partial charge in [0, 0.05) is 23.4 Å². The van der Waals surface area contributed by atoms with Crippen LogP contribution in [0.1, 0.15) is 48.3 Å². The lowest BCUT2D eigenvalue weighted by atomic mass is 10.1. The predicted molar refractivity (Wildman–Crippen MR) is 121 cm³/mol. The molecule has 6 heteroatoms. The van der Waals surface area contributed by atoms with Crippen molar-refractivity contribution in [2.45, 2.75) is 32.2 Å². The fraction of sp³-hybridized carbons (Fsp3) is 0.240. The third-order valence-corrected chi connectivity index (χ3v) is 5.68.